The first-order chi connectivity index (χ1) is 12.0. The van der Waals surface area contributed by atoms with Crippen LogP contribution in [0.1, 0.15) is 26.3 Å². The average molecular weight is 332 g/mol. The van der Waals surface area contributed by atoms with Gasteiger partial charge in [0.05, 0.1) is 7.11 Å². The van der Waals surface area contributed by atoms with Crippen molar-refractivity contribution in [3.05, 3.63) is 72.4 Å². The molecule has 0 spiro atoms. The van der Waals surface area contributed by atoms with Crippen molar-refractivity contribution in [1.82, 2.24) is 4.98 Å². The van der Waals surface area contributed by atoms with Crippen LogP contribution in [0.4, 0.5) is 11.5 Å². The number of hydrogen-bond donors (Lipinski definition) is 1. The number of nitrogens with one attached hydrogen (secondary N) is 1. The van der Waals surface area contributed by atoms with Crippen LogP contribution < -0.4 is 10.1 Å². The molecule has 1 heterocycles. The second-order valence-electron chi connectivity index (χ2n) is 7.11. The summed E-state index contributed by atoms with van der Waals surface area (Å²) in [6.45, 7) is 6.68. The van der Waals surface area contributed by atoms with E-state index >= 15 is 0 Å². The predicted octanol–water partition coefficient (Wildman–Crippen LogP) is 5.80. The highest BCUT2D eigenvalue weighted by Gasteiger charge is 2.13. The lowest BCUT2D eigenvalue weighted by molar-refractivity contribution is 0.415. The van der Waals surface area contributed by atoms with Crippen LogP contribution in [-0.4, -0.2) is 12.1 Å². The Bertz CT molecular complexity index is 848. The Morgan fingerprint density at radius 1 is 0.880 bits per heavy atom. The van der Waals surface area contributed by atoms with Crippen LogP contribution in [0, 0.1) is 0 Å². The van der Waals surface area contributed by atoms with Crippen molar-refractivity contribution in [3.8, 4) is 16.9 Å². The van der Waals surface area contributed by atoms with Gasteiger partial charge in [-0.05, 0) is 46.4 Å². The van der Waals surface area contributed by atoms with Crippen LogP contribution in [0.15, 0.2) is 66.9 Å². The fourth-order valence-electron chi connectivity index (χ4n) is 2.69. The number of hydrogen-bond acceptors (Lipinski definition) is 3. The maximum atomic E-state index is 5.26. The summed E-state index contributed by atoms with van der Waals surface area (Å²) < 4.78 is 5.26. The third-order valence-corrected chi connectivity index (χ3v) is 4.19. The van der Waals surface area contributed by atoms with Crippen LogP contribution in [0.25, 0.3) is 11.1 Å². The molecule has 2 aromatic carbocycles. The van der Waals surface area contributed by atoms with Gasteiger partial charge in [-0.2, -0.15) is 0 Å². The smallest absolute Gasteiger partial charge is 0.130 e. The lowest BCUT2D eigenvalue weighted by atomic mass is 9.86. The molecule has 3 aromatic rings. The van der Waals surface area contributed by atoms with Crippen molar-refractivity contribution < 1.29 is 4.74 Å². The zero-order chi connectivity index (χ0) is 17.9. The largest absolute Gasteiger partial charge is 0.497 e. The van der Waals surface area contributed by atoms with Crippen molar-refractivity contribution in [3.63, 3.8) is 0 Å². The summed E-state index contributed by atoms with van der Waals surface area (Å²) in [5.41, 5.74) is 4.77. The number of benzene rings is 2. The highest BCUT2D eigenvalue weighted by atomic mass is 16.5. The van der Waals surface area contributed by atoms with Gasteiger partial charge in [-0.25, -0.2) is 4.98 Å². The van der Waals surface area contributed by atoms with Crippen molar-refractivity contribution >= 4 is 11.5 Å². The minimum absolute atomic E-state index is 0.163. The fraction of sp³-hybridized carbons (Fsp3) is 0.227. The lowest BCUT2D eigenvalue weighted by Crippen LogP contribution is -2.10. The molecule has 0 aliphatic rings. The van der Waals surface area contributed by atoms with Crippen molar-refractivity contribution in [1.29, 1.82) is 0 Å². The van der Waals surface area contributed by atoms with Gasteiger partial charge >= 0.3 is 0 Å². The van der Waals surface area contributed by atoms with Gasteiger partial charge in [0.15, 0.2) is 0 Å². The van der Waals surface area contributed by atoms with E-state index in [1.165, 1.54) is 11.1 Å². The predicted molar refractivity (Wildman–Crippen MR) is 105 cm³/mol. The highest BCUT2D eigenvalue weighted by molar-refractivity contribution is 5.69. The summed E-state index contributed by atoms with van der Waals surface area (Å²) >= 11 is 0. The maximum absolute atomic E-state index is 5.26. The van der Waals surface area contributed by atoms with Gasteiger partial charge in [0, 0.05) is 18.0 Å². The summed E-state index contributed by atoms with van der Waals surface area (Å²) in [6, 6.07) is 20.7. The molecule has 0 fully saturated rings. The van der Waals surface area contributed by atoms with Crippen molar-refractivity contribution in [2.45, 2.75) is 26.2 Å². The van der Waals surface area contributed by atoms with E-state index in [1.54, 1.807) is 7.11 Å². The molecule has 0 unspecified atom stereocenters. The molecule has 1 aromatic heterocycles. The van der Waals surface area contributed by atoms with E-state index in [9.17, 15) is 0 Å². The van der Waals surface area contributed by atoms with Crippen LogP contribution in [0.3, 0.4) is 0 Å². The van der Waals surface area contributed by atoms with Gasteiger partial charge in [-0.15, -0.1) is 0 Å². The maximum Gasteiger partial charge on any atom is 0.130 e. The minimum Gasteiger partial charge on any atom is -0.497 e. The molecule has 0 saturated carbocycles. The topological polar surface area (TPSA) is 34.1 Å². The molecule has 3 nitrogen and oxygen atoms in total. The molecular formula is C22H24N2O. The molecule has 0 radical (unpaired) electrons. The molecule has 1 N–H and O–H groups in total. The molecule has 25 heavy (non-hydrogen) atoms. The second kappa shape index (κ2) is 6.98. The van der Waals surface area contributed by atoms with Gasteiger partial charge in [0.1, 0.15) is 11.6 Å². The summed E-state index contributed by atoms with van der Waals surface area (Å²) in [5.74, 6) is 1.63. The molecular weight excluding hydrogens is 308 g/mol. The van der Waals surface area contributed by atoms with Crippen LogP contribution in [0.2, 0.25) is 0 Å². The van der Waals surface area contributed by atoms with E-state index in [0.717, 1.165) is 22.8 Å². The summed E-state index contributed by atoms with van der Waals surface area (Å²) in [6.07, 6.45) is 1.83. The Kier molecular flexibility index (Phi) is 4.75. The van der Waals surface area contributed by atoms with Crippen molar-refractivity contribution in [2.75, 3.05) is 12.4 Å². The molecule has 128 valence electrons. The summed E-state index contributed by atoms with van der Waals surface area (Å²) in [7, 11) is 1.67. The van der Waals surface area contributed by atoms with E-state index in [-0.39, 0.29) is 5.41 Å². The fourth-order valence-corrected chi connectivity index (χ4v) is 2.69. The minimum atomic E-state index is 0.163. The first-order valence-corrected chi connectivity index (χ1v) is 8.44. The molecule has 0 aliphatic heterocycles. The highest BCUT2D eigenvalue weighted by Crippen LogP contribution is 2.28. The Labute approximate surface area is 149 Å². The van der Waals surface area contributed by atoms with Gasteiger partial charge in [-0.1, -0.05) is 51.1 Å². The number of pyridine rings is 1. The van der Waals surface area contributed by atoms with E-state index in [1.807, 2.05) is 36.5 Å². The second-order valence-corrected chi connectivity index (χ2v) is 7.11. The van der Waals surface area contributed by atoms with E-state index in [4.69, 9.17) is 4.74 Å². The van der Waals surface area contributed by atoms with E-state index in [0.29, 0.717) is 0 Å². The van der Waals surface area contributed by atoms with Gasteiger partial charge in [-0.3, -0.25) is 0 Å². The number of methoxy groups -OCH3 is 1. The molecule has 0 amide bonds. The van der Waals surface area contributed by atoms with E-state index < -0.39 is 0 Å². The SMILES string of the molecule is COc1cccc(Nc2cc(-c3ccc(C(C)(C)C)cc3)ccn2)c1. The third-order valence-electron chi connectivity index (χ3n) is 4.19. The average Bonchev–Trinajstić information content (AvgIpc) is 2.61. The normalized spacial score (nSPS) is 11.2. The molecule has 3 rings (SSSR count). The molecule has 0 bridgehead atoms. The lowest BCUT2D eigenvalue weighted by Gasteiger charge is -2.19. The number of aromatic nitrogens is 1. The Balaban J connectivity index is 1.83. The monoisotopic (exact) mass is 332 g/mol. The Hall–Kier alpha value is -2.81. The molecule has 0 aliphatic carbocycles. The Morgan fingerprint density at radius 3 is 2.32 bits per heavy atom. The third kappa shape index (κ3) is 4.18. The van der Waals surface area contributed by atoms with Crippen molar-refractivity contribution in [2.24, 2.45) is 0 Å². The van der Waals surface area contributed by atoms with Crippen LogP contribution >= 0.6 is 0 Å². The standard InChI is InChI=1S/C22H24N2O/c1-22(2,3)18-10-8-16(9-11-18)17-12-13-23-21(14-17)24-19-6-5-7-20(15-19)25-4/h5-15H,1-4H3,(H,23,24). The molecule has 0 saturated heterocycles. The number of anilines is 2. The first-order valence-electron chi connectivity index (χ1n) is 8.44. The quantitative estimate of drug-likeness (QED) is 0.656. The van der Waals surface area contributed by atoms with Gasteiger partial charge in [0.25, 0.3) is 0 Å². The zero-order valence-electron chi connectivity index (χ0n) is 15.2. The van der Waals surface area contributed by atoms with E-state index in [2.05, 4.69) is 61.4 Å². The van der Waals surface area contributed by atoms with Gasteiger partial charge in [0.2, 0.25) is 0 Å². The Morgan fingerprint density at radius 2 is 1.64 bits per heavy atom. The van der Waals surface area contributed by atoms with Crippen LogP contribution in [0.5, 0.6) is 5.75 Å². The first kappa shape index (κ1) is 17.0. The van der Waals surface area contributed by atoms with Crippen LogP contribution in [-0.2, 0) is 5.41 Å². The zero-order valence-corrected chi connectivity index (χ0v) is 15.2. The number of rotatable bonds is 4. The molecule has 3 heteroatoms. The summed E-state index contributed by atoms with van der Waals surface area (Å²) in [5, 5.41) is 3.33. The summed E-state index contributed by atoms with van der Waals surface area (Å²) in [4.78, 5) is 4.42. The molecule has 0 atom stereocenters. The number of nitrogens with zero attached hydrogens (tertiary/aromatic N) is 1. The van der Waals surface area contributed by atoms with Gasteiger partial charge < -0.3 is 10.1 Å². The number of ether oxygens (including phenoxy) is 1.